The molecule has 2 atom stereocenters. The summed E-state index contributed by atoms with van der Waals surface area (Å²) in [5, 5.41) is 0. The van der Waals surface area contributed by atoms with Crippen LogP contribution in [0.5, 0.6) is 0 Å². The van der Waals surface area contributed by atoms with Gasteiger partial charge in [0.2, 0.25) is 5.90 Å². The van der Waals surface area contributed by atoms with Gasteiger partial charge in [0.05, 0.1) is 0 Å². The fourth-order valence-corrected chi connectivity index (χ4v) is 2.82. The summed E-state index contributed by atoms with van der Waals surface area (Å²) in [6.45, 7) is 0. The van der Waals surface area contributed by atoms with Gasteiger partial charge in [-0.15, -0.1) is 0 Å². The Hall–Kier alpha value is -2.94. The van der Waals surface area contributed by atoms with Crippen molar-refractivity contribution >= 4 is 5.90 Å². The molecule has 0 amide bonds. The lowest BCUT2D eigenvalue weighted by molar-refractivity contribution is 0.196. The molecule has 0 radical (unpaired) electrons. The summed E-state index contributed by atoms with van der Waals surface area (Å²) in [4.78, 5) is 9.18. The van der Waals surface area contributed by atoms with Crippen LogP contribution in [0.3, 0.4) is 0 Å². The molecular weight excluding hydrogens is 284 g/mol. The van der Waals surface area contributed by atoms with E-state index in [1.54, 1.807) is 6.20 Å². The first-order valence-corrected chi connectivity index (χ1v) is 7.67. The number of benzene rings is 2. The second kappa shape index (κ2) is 6.05. The van der Waals surface area contributed by atoms with E-state index < -0.39 is 0 Å². The van der Waals surface area contributed by atoms with E-state index in [0.717, 1.165) is 16.8 Å². The van der Waals surface area contributed by atoms with Crippen molar-refractivity contribution in [3.05, 3.63) is 102 Å². The highest BCUT2D eigenvalue weighted by Gasteiger charge is 2.34. The van der Waals surface area contributed by atoms with E-state index in [2.05, 4.69) is 29.2 Å². The first-order chi connectivity index (χ1) is 11.4. The van der Waals surface area contributed by atoms with Gasteiger partial charge in [-0.1, -0.05) is 66.7 Å². The van der Waals surface area contributed by atoms with Crippen molar-refractivity contribution < 1.29 is 4.74 Å². The molecule has 0 bridgehead atoms. The number of hydrogen-bond donors (Lipinski definition) is 0. The summed E-state index contributed by atoms with van der Waals surface area (Å²) >= 11 is 0. The SMILES string of the molecule is c1ccc([C@H]2N=C(c3ccccn3)O[C@H]2c2ccccc2)cc1. The number of hydrogen-bond acceptors (Lipinski definition) is 3. The highest BCUT2D eigenvalue weighted by molar-refractivity contribution is 5.93. The molecule has 0 saturated heterocycles. The van der Waals surface area contributed by atoms with Gasteiger partial charge in [-0.05, 0) is 23.3 Å². The van der Waals surface area contributed by atoms with Crippen LogP contribution in [0.15, 0.2) is 90.1 Å². The molecule has 2 aromatic carbocycles. The molecule has 2 heterocycles. The first kappa shape index (κ1) is 13.7. The largest absolute Gasteiger partial charge is 0.465 e. The average Bonchev–Trinajstić information content (AvgIpc) is 3.09. The molecule has 3 nitrogen and oxygen atoms in total. The second-order valence-corrected chi connectivity index (χ2v) is 5.45. The molecular formula is C20H16N2O. The average molecular weight is 300 g/mol. The van der Waals surface area contributed by atoms with E-state index in [1.807, 2.05) is 54.6 Å². The molecule has 0 aliphatic carbocycles. The first-order valence-electron chi connectivity index (χ1n) is 7.67. The van der Waals surface area contributed by atoms with Gasteiger partial charge >= 0.3 is 0 Å². The van der Waals surface area contributed by atoms with Crippen LogP contribution in [0.1, 0.15) is 29.0 Å². The highest BCUT2D eigenvalue weighted by Crippen LogP contribution is 2.40. The Balaban J connectivity index is 1.75. The van der Waals surface area contributed by atoms with Crippen LogP contribution in [0.4, 0.5) is 0 Å². The van der Waals surface area contributed by atoms with Crippen molar-refractivity contribution in [3.63, 3.8) is 0 Å². The molecule has 0 spiro atoms. The summed E-state index contributed by atoms with van der Waals surface area (Å²) in [6.07, 6.45) is 1.63. The van der Waals surface area contributed by atoms with Gasteiger partial charge in [-0.25, -0.2) is 4.99 Å². The number of ether oxygens (including phenoxy) is 1. The van der Waals surface area contributed by atoms with E-state index in [1.165, 1.54) is 0 Å². The zero-order valence-corrected chi connectivity index (χ0v) is 12.5. The maximum atomic E-state index is 6.19. The Bertz CT molecular complexity index is 801. The van der Waals surface area contributed by atoms with Crippen molar-refractivity contribution in [1.82, 2.24) is 4.98 Å². The maximum absolute atomic E-state index is 6.19. The lowest BCUT2D eigenvalue weighted by Crippen LogP contribution is -2.09. The summed E-state index contributed by atoms with van der Waals surface area (Å²) in [6, 6.07) is 26.2. The normalized spacial score (nSPS) is 19.9. The second-order valence-electron chi connectivity index (χ2n) is 5.45. The van der Waals surface area contributed by atoms with E-state index in [4.69, 9.17) is 9.73 Å². The Morgan fingerprint density at radius 2 is 1.35 bits per heavy atom. The van der Waals surface area contributed by atoms with Gasteiger partial charge in [0.1, 0.15) is 11.7 Å². The molecule has 1 aliphatic rings. The Morgan fingerprint density at radius 3 is 2.00 bits per heavy atom. The van der Waals surface area contributed by atoms with Gasteiger partial charge in [-0.3, -0.25) is 4.98 Å². The van der Waals surface area contributed by atoms with E-state index in [-0.39, 0.29) is 12.1 Å². The van der Waals surface area contributed by atoms with Crippen LogP contribution >= 0.6 is 0 Å². The predicted octanol–water partition coefficient (Wildman–Crippen LogP) is 4.34. The van der Waals surface area contributed by atoms with Gasteiger partial charge in [-0.2, -0.15) is 0 Å². The molecule has 0 N–H and O–H groups in total. The van der Waals surface area contributed by atoms with Crippen molar-refractivity contribution in [2.75, 3.05) is 0 Å². The molecule has 0 saturated carbocycles. The lowest BCUT2D eigenvalue weighted by atomic mass is 9.97. The molecule has 1 aliphatic heterocycles. The van der Waals surface area contributed by atoms with Crippen molar-refractivity contribution in [3.8, 4) is 0 Å². The maximum Gasteiger partial charge on any atom is 0.236 e. The van der Waals surface area contributed by atoms with Crippen LogP contribution in [0.2, 0.25) is 0 Å². The van der Waals surface area contributed by atoms with Crippen LogP contribution in [0.25, 0.3) is 0 Å². The third-order valence-corrected chi connectivity index (χ3v) is 3.93. The number of aliphatic imine (C=N–C) groups is 1. The number of rotatable bonds is 3. The Labute approximate surface area is 135 Å². The standard InChI is InChI=1S/C20H16N2O/c1-3-9-15(10-4-1)18-19(16-11-5-2-6-12-16)23-20(22-18)17-13-7-8-14-21-17/h1-14,18-19H/t18-,19+/m1/s1. The van der Waals surface area contributed by atoms with Crippen LogP contribution in [0, 0.1) is 0 Å². The molecule has 0 unspecified atom stereocenters. The smallest absolute Gasteiger partial charge is 0.236 e. The Kier molecular flexibility index (Phi) is 3.60. The van der Waals surface area contributed by atoms with Crippen LogP contribution in [-0.2, 0) is 4.74 Å². The fourth-order valence-electron chi connectivity index (χ4n) is 2.82. The molecule has 1 aromatic heterocycles. The van der Waals surface area contributed by atoms with Gasteiger partial charge in [0.15, 0.2) is 6.10 Å². The van der Waals surface area contributed by atoms with E-state index in [9.17, 15) is 0 Å². The quantitative estimate of drug-likeness (QED) is 0.721. The topological polar surface area (TPSA) is 34.5 Å². The fraction of sp³-hybridized carbons (Fsp3) is 0.100. The minimum atomic E-state index is -0.129. The minimum absolute atomic E-state index is 0.0596. The number of pyridine rings is 1. The predicted molar refractivity (Wildman–Crippen MR) is 90.2 cm³/mol. The van der Waals surface area contributed by atoms with Crippen molar-refractivity contribution in [2.24, 2.45) is 4.99 Å². The molecule has 112 valence electrons. The van der Waals surface area contributed by atoms with E-state index in [0.29, 0.717) is 5.90 Å². The zero-order chi connectivity index (χ0) is 15.5. The van der Waals surface area contributed by atoms with Crippen LogP contribution < -0.4 is 0 Å². The van der Waals surface area contributed by atoms with E-state index >= 15 is 0 Å². The van der Waals surface area contributed by atoms with Crippen molar-refractivity contribution in [1.29, 1.82) is 0 Å². The molecule has 4 rings (SSSR count). The molecule has 23 heavy (non-hydrogen) atoms. The Morgan fingerprint density at radius 1 is 0.696 bits per heavy atom. The van der Waals surface area contributed by atoms with Gasteiger partial charge in [0.25, 0.3) is 0 Å². The highest BCUT2D eigenvalue weighted by atomic mass is 16.5. The minimum Gasteiger partial charge on any atom is -0.465 e. The van der Waals surface area contributed by atoms with Crippen molar-refractivity contribution in [2.45, 2.75) is 12.1 Å². The molecule has 3 aromatic rings. The molecule has 0 fully saturated rings. The summed E-state index contributed by atoms with van der Waals surface area (Å²) in [5.74, 6) is 0.605. The van der Waals surface area contributed by atoms with Gasteiger partial charge < -0.3 is 4.74 Å². The third-order valence-electron chi connectivity index (χ3n) is 3.93. The lowest BCUT2D eigenvalue weighted by Gasteiger charge is -2.18. The number of nitrogens with zero attached hydrogens (tertiary/aromatic N) is 2. The monoisotopic (exact) mass is 300 g/mol. The molecule has 3 heteroatoms. The zero-order valence-electron chi connectivity index (χ0n) is 12.5. The summed E-state index contributed by atoms with van der Waals surface area (Å²) in [5.41, 5.74) is 3.04. The third kappa shape index (κ3) is 2.73. The number of aromatic nitrogens is 1. The van der Waals surface area contributed by atoms with Crippen LogP contribution in [-0.4, -0.2) is 10.9 Å². The summed E-state index contributed by atoms with van der Waals surface area (Å²) < 4.78 is 6.19. The summed E-state index contributed by atoms with van der Waals surface area (Å²) in [7, 11) is 0. The van der Waals surface area contributed by atoms with Gasteiger partial charge in [0, 0.05) is 6.20 Å².